The second kappa shape index (κ2) is 4.53. The number of carbonyl (C=O) groups excluding carboxylic acids is 1. The molecule has 0 aromatic carbocycles. The van der Waals surface area contributed by atoms with E-state index in [0.717, 1.165) is 11.0 Å². The van der Waals surface area contributed by atoms with Gasteiger partial charge in [0.25, 0.3) is 0 Å². The van der Waals surface area contributed by atoms with E-state index in [4.69, 9.17) is 4.74 Å². The minimum absolute atomic E-state index is 0.253. The van der Waals surface area contributed by atoms with Crippen LogP contribution in [0, 0.1) is 0 Å². The smallest absolute Gasteiger partial charge is 0.314 e. The fourth-order valence-electron chi connectivity index (χ4n) is 1.82. The average Bonchev–Trinajstić information content (AvgIpc) is 2.71. The molecule has 0 N–H and O–H groups in total. The van der Waals surface area contributed by atoms with Crippen molar-refractivity contribution in [3.63, 3.8) is 0 Å². The van der Waals surface area contributed by atoms with E-state index in [1.807, 2.05) is 23.9 Å². The molecule has 0 aliphatic heterocycles. The Kier molecular flexibility index (Phi) is 3.08. The normalized spacial score (nSPS) is 12.6. The quantitative estimate of drug-likeness (QED) is 0.756. The van der Waals surface area contributed by atoms with Crippen molar-refractivity contribution in [2.24, 2.45) is 7.05 Å². The van der Waals surface area contributed by atoms with E-state index in [9.17, 15) is 4.79 Å². The largest absolute Gasteiger partial charge is 0.465 e. The lowest BCUT2D eigenvalue weighted by Gasteiger charge is -2.10. The van der Waals surface area contributed by atoms with Gasteiger partial charge >= 0.3 is 5.97 Å². The summed E-state index contributed by atoms with van der Waals surface area (Å²) in [6, 6.07) is 1.92. The van der Waals surface area contributed by atoms with Crippen molar-refractivity contribution in [2.45, 2.75) is 19.8 Å². The molecule has 17 heavy (non-hydrogen) atoms. The third-order valence-electron chi connectivity index (χ3n) is 2.74. The highest BCUT2D eigenvalue weighted by molar-refractivity contribution is 5.86. The van der Waals surface area contributed by atoms with Gasteiger partial charge in [0.05, 0.1) is 18.2 Å². The SMILES string of the molecule is CCOC(=O)C(C)c1ncnc2c1ccn2C. The molecule has 5 heteroatoms. The van der Waals surface area contributed by atoms with Gasteiger partial charge in [-0.15, -0.1) is 0 Å². The van der Waals surface area contributed by atoms with Crippen LogP contribution in [-0.4, -0.2) is 27.1 Å². The van der Waals surface area contributed by atoms with Crippen LogP contribution in [0.2, 0.25) is 0 Å². The van der Waals surface area contributed by atoms with E-state index in [2.05, 4.69) is 9.97 Å². The van der Waals surface area contributed by atoms with Crippen LogP contribution in [0.1, 0.15) is 25.5 Å². The van der Waals surface area contributed by atoms with E-state index in [1.54, 1.807) is 13.8 Å². The molecular formula is C12H15N3O2. The van der Waals surface area contributed by atoms with Gasteiger partial charge in [0, 0.05) is 18.6 Å². The summed E-state index contributed by atoms with van der Waals surface area (Å²) in [4.78, 5) is 20.1. The van der Waals surface area contributed by atoms with Crippen molar-refractivity contribution >= 4 is 17.0 Å². The maximum atomic E-state index is 11.7. The third-order valence-corrected chi connectivity index (χ3v) is 2.74. The minimum atomic E-state index is -0.372. The Morgan fingerprint density at radius 2 is 2.29 bits per heavy atom. The number of aryl methyl sites for hydroxylation is 1. The molecule has 0 bridgehead atoms. The number of ether oxygens (including phenoxy) is 1. The van der Waals surface area contributed by atoms with E-state index < -0.39 is 0 Å². The fourth-order valence-corrected chi connectivity index (χ4v) is 1.82. The second-order valence-electron chi connectivity index (χ2n) is 3.90. The summed E-state index contributed by atoms with van der Waals surface area (Å²) in [6.45, 7) is 3.97. The maximum absolute atomic E-state index is 11.7. The van der Waals surface area contributed by atoms with E-state index in [1.165, 1.54) is 6.33 Å². The number of carbonyl (C=O) groups is 1. The fraction of sp³-hybridized carbons (Fsp3) is 0.417. The topological polar surface area (TPSA) is 57.0 Å². The van der Waals surface area contributed by atoms with Gasteiger partial charge in [-0.2, -0.15) is 0 Å². The molecular weight excluding hydrogens is 218 g/mol. The first-order chi connectivity index (χ1) is 8.15. The molecule has 0 saturated carbocycles. The molecule has 1 atom stereocenters. The van der Waals surface area contributed by atoms with Gasteiger partial charge in [0.15, 0.2) is 0 Å². The molecule has 2 rings (SSSR count). The van der Waals surface area contributed by atoms with Gasteiger partial charge < -0.3 is 9.30 Å². The van der Waals surface area contributed by atoms with Gasteiger partial charge in [-0.3, -0.25) is 4.79 Å². The molecule has 0 aliphatic carbocycles. The highest BCUT2D eigenvalue weighted by Crippen LogP contribution is 2.23. The van der Waals surface area contributed by atoms with E-state index in [-0.39, 0.29) is 11.9 Å². The predicted octanol–water partition coefficient (Wildman–Crippen LogP) is 1.63. The number of hydrogen-bond acceptors (Lipinski definition) is 4. The summed E-state index contributed by atoms with van der Waals surface area (Å²) in [7, 11) is 1.91. The van der Waals surface area contributed by atoms with Crippen molar-refractivity contribution in [3.8, 4) is 0 Å². The van der Waals surface area contributed by atoms with Crippen LogP contribution in [0.4, 0.5) is 0 Å². The Bertz CT molecular complexity index is 548. The van der Waals surface area contributed by atoms with Crippen LogP contribution in [0.3, 0.4) is 0 Å². The monoisotopic (exact) mass is 233 g/mol. The average molecular weight is 233 g/mol. The molecule has 90 valence electrons. The lowest BCUT2D eigenvalue weighted by molar-refractivity contribution is -0.144. The summed E-state index contributed by atoms with van der Waals surface area (Å²) in [5.41, 5.74) is 1.54. The van der Waals surface area contributed by atoms with Crippen LogP contribution >= 0.6 is 0 Å². The number of fused-ring (bicyclic) bond motifs is 1. The first-order valence-electron chi connectivity index (χ1n) is 5.57. The summed E-state index contributed by atoms with van der Waals surface area (Å²) in [5, 5.41) is 0.899. The Balaban J connectivity index is 2.45. The zero-order valence-electron chi connectivity index (χ0n) is 10.2. The van der Waals surface area contributed by atoms with E-state index >= 15 is 0 Å². The highest BCUT2D eigenvalue weighted by atomic mass is 16.5. The van der Waals surface area contributed by atoms with Gasteiger partial charge in [0.2, 0.25) is 0 Å². The van der Waals surface area contributed by atoms with Crippen LogP contribution in [-0.2, 0) is 16.6 Å². The van der Waals surface area contributed by atoms with Gasteiger partial charge in [-0.1, -0.05) is 0 Å². The van der Waals surface area contributed by atoms with Crippen molar-refractivity contribution in [1.82, 2.24) is 14.5 Å². The van der Waals surface area contributed by atoms with Crippen molar-refractivity contribution < 1.29 is 9.53 Å². The van der Waals surface area contributed by atoms with Crippen LogP contribution in [0.5, 0.6) is 0 Å². The Hall–Kier alpha value is -1.91. The Labute approximate surface area is 99.4 Å². The lowest BCUT2D eigenvalue weighted by atomic mass is 10.1. The maximum Gasteiger partial charge on any atom is 0.314 e. The first kappa shape index (κ1) is 11.6. The van der Waals surface area contributed by atoms with Crippen LogP contribution in [0.15, 0.2) is 18.6 Å². The number of nitrogens with zero attached hydrogens (tertiary/aromatic N) is 3. The molecule has 2 heterocycles. The molecule has 0 spiro atoms. The number of rotatable bonds is 3. The van der Waals surface area contributed by atoms with Crippen molar-refractivity contribution in [1.29, 1.82) is 0 Å². The standard InChI is InChI=1S/C12H15N3O2/c1-4-17-12(16)8(2)10-9-5-6-15(3)11(9)14-7-13-10/h5-8H,4H2,1-3H3. The van der Waals surface area contributed by atoms with Crippen molar-refractivity contribution in [3.05, 3.63) is 24.3 Å². The van der Waals surface area contributed by atoms with E-state index in [0.29, 0.717) is 12.3 Å². The summed E-state index contributed by atoms with van der Waals surface area (Å²) in [5.74, 6) is -0.626. The van der Waals surface area contributed by atoms with Crippen LogP contribution < -0.4 is 0 Å². The van der Waals surface area contributed by atoms with Crippen LogP contribution in [0.25, 0.3) is 11.0 Å². The number of hydrogen-bond donors (Lipinski definition) is 0. The number of aromatic nitrogens is 3. The molecule has 0 saturated heterocycles. The summed E-state index contributed by atoms with van der Waals surface area (Å²) in [6.07, 6.45) is 3.38. The third kappa shape index (κ3) is 2.00. The molecule has 1 unspecified atom stereocenters. The zero-order chi connectivity index (χ0) is 12.4. The van der Waals surface area contributed by atoms with Gasteiger partial charge in [-0.25, -0.2) is 9.97 Å². The molecule has 0 radical (unpaired) electrons. The summed E-state index contributed by atoms with van der Waals surface area (Å²) < 4.78 is 6.91. The molecule has 0 aliphatic rings. The minimum Gasteiger partial charge on any atom is -0.465 e. The second-order valence-corrected chi connectivity index (χ2v) is 3.90. The van der Waals surface area contributed by atoms with Gasteiger partial charge in [0.1, 0.15) is 12.0 Å². The highest BCUT2D eigenvalue weighted by Gasteiger charge is 2.21. The molecule has 5 nitrogen and oxygen atoms in total. The molecule has 2 aromatic rings. The van der Waals surface area contributed by atoms with Crippen molar-refractivity contribution in [2.75, 3.05) is 6.61 Å². The Morgan fingerprint density at radius 3 is 3.00 bits per heavy atom. The molecule has 2 aromatic heterocycles. The summed E-state index contributed by atoms with van der Waals surface area (Å²) >= 11 is 0. The molecule has 0 amide bonds. The predicted molar refractivity (Wildman–Crippen MR) is 63.6 cm³/mol. The number of esters is 1. The lowest BCUT2D eigenvalue weighted by Crippen LogP contribution is -2.14. The van der Waals surface area contributed by atoms with Gasteiger partial charge in [-0.05, 0) is 19.9 Å². The zero-order valence-corrected chi connectivity index (χ0v) is 10.2. The Morgan fingerprint density at radius 1 is 1.53 bits per heavy atom. The molecule has 0 fully saturated rings. The first-order valence-corrected chi connectivity index (χ1v) is 5.57.